The second-order valence-electron chi connectivity index (χ2n) is 14.0. The third kappa shape index (κ3) is 14.0. The lowest BCUT2D eigenvalue weighted by Gasteiger charge is -2.26. The fourth-order valence-corrected chi connectivity index (χ4v) is 8.39. The molecule has 2 aromatic heterocycles. The summed E-state index contributed by atoms with van der Waals surface area (Å²) in [5, 5.41) is 0. The quantitative estimate of drug-likeness (QED) is 0.0763. The Hall–Kier alpha value is -4.02. The van der Waals surface area contributed by atoms with E-state index in [0.717, 1.165) is 77.8 Å². The SMILES string of the molecule is CC[n+]1ccccc1/C=C/C1=CC=C(N(C)CCCN(C)C(=O)CSSCC(=O)N(C)CCCN(C)C2=CC=C(/C=C/c3cccc[n+]3CC)CC2)CC1. The minimum absolute atomic E-state index is 0.105. The van der Waals surface area contributed by atoms with Crippen LogP contribution in [0.5, 0.6) is 0 Å². The van der Waals surface area contributed by atoms with E-state index < -0.39 is 0 Å². The first-order valence-corrected chi connectivity index (χ1v) is 21.9. The van der Waals surface area contributed by atoms with Gasteiger partial charge in [0.2, 0.25) is 23.2 Å². The highest BCUT2D eigenvalue weighted by Gasteiger charge is 2.15. The second kappa shape index (κ2) is 23.0. The molecule has 290 valence electrons. The van der Waals surface area contributed by atoms with Gasteiger partial charge in [0, 0.05) is 102 Å². The van der Waals surface area contributed by atoms with Crippen LogP contribution >= 0.6 is 21.6 Å². The Morgan fingerprint density at radius 2 is 1.02 bits per heavy atom. The molecule has 10 heteroatoms. The average Bonchev–Trinajstić information content (AvgIpc) is 3.20. The summed E-state index contributed by atoms with van der Waals surface area (Å²) >= 11 is 0. The first-order chi connectivity index (χ1) is 26.2. The number of hydrogen-bond acceptors (Lipinski definition) is 6. The predicted octanol–water partition coefficient (Wildman–Crippen LogP) is 7.18. The number of aromatic nitrogens is 2. The fourth-order valence-electron chi connectivity index (χ4n) is 6.47. The summed E-state index contributed by atoms with van der Waals surface area (Å²) in [6, 6.07) is 12.6. The number of hydrogen-bond donors (Lipinski definition) is 0. The summed E-state index contributed by atoms with van der Waals surface area (Å²) in [7, 11) is 11.0. The number of carbonyl (C=O) groups excluding carboxylic acids is 2. The largest absolute Gasteiger partial charge is 0.378 e. The van der Waals surface area contributed by atoms with E-state index in [2.05, 4.69) is 144 Å². The number of amides is 2. The molecule has 0 N–H and O–H groups in total. The number of aryl methyl sites for hydroxylation is 2. The Labute approximate surface area is 333 Å². The Morgan fingerprint density at radius 3 is 1.39 bits per heavy atom. The summed E-state index contributed by atoms with van der Waals surface area (Å²) in [6.45, 7) is 9.49. The van der Waals surface area contributed by atoms with E-state index in [9.17, 15) is 9.59 Å². The van der Waals surface area contributed by atoms with Gasteiger partial charge >= 0.3 is 0 Å². The van der Waals surface area contributed by atoms with Gasteiger partial charge in [-0.1, -0.05) is 45.9 Å². The summed E-state index contributed by atoms with van der Waals surface area (Å²) < 4.78 is 4.49. The minimum Gasteiger partial charge on any atom is -0.378 e. The lowest BCUT2D eigenvalue weighted by molar-refractivity contribution is -0.695. The van der Waals surface area contributed by atoms with Crippen LogP contribution < -0.4 is 9.13 Å². The van der Waals surface area contributed by atoms with Crippen molar-refractivity contribution in [2.24, 2.45) is 0 Å². The number of rotatable bonds is 21. The van der Waals surface area contributed by atoms with Gasteiger partial charge in [-0.3, -0.25) is 9.59 Å². The van der Waals surface area contributed by atoms with E-state index in [4.69, 9.17) is 0 Å². The van der Waals surface area contributed by atoms with E-state index in [1.807, 2.05) is 23.9 Å². The van der Waals surface area contributed by atoms with Crippen LogP contribution in [0.4, 0.5) is 0 Å². The molecule has 0 aliphatic heterocycles. The molecule has 2 aliphatic rings. The van der Waals surface area contributed by atoms with Gasteiger partial charge in [0.15, 0.2) is 12.4 Å². The Kier molecular flexibility index (Phi) is 18.2. The zero-order valence-electron chi connectivity index (χ0n) is 33.5. The van der Waals surface area contributed by atoms with Gasteiger partial charge in [-0.25, -0.2) is 0 Å². The first kappa shape index (κ1) is 42.7. The van der Waals surface area contributed by atoms with Gasteiger partial charge < -0.3 is 19.6 Å². The molecule has 4 rings (SSSR count). The molecule has 2 aliphatic carbocycles. The molecule has 0 fully saturated rings. The van der Waals surface area contributed by atoms with Crippen molar-refractivity contribution < 1.29 is 18.7 Å². The zero-order chi connectivity index (χ0) is 38.7. The van der Waals surface area contributed by atoms with Crippen molar-refractivity contribution in [1.82, 2.24) is 19.6 Å². The van der Waals surface area contributed by atoms with Crippen LogP contribution in [0.25, 0.3) is 12.2 Å². The van der Waals surface area contributed by atoms with E-state index in [1.54, 1.807) is 0 Å². The maximum absolute atomic E-state index is 12.7. The van der Waals surface area contributed by atoms with Crippen molar-refractivity contribution in [2.45, 2.75) is 65.5 Å². The van der Waals surface area contributed by atoms with Crippen molar-refractivity contribution in [2.75, 3.05) is 65.9 Å². The highest BCUT2D eigenvalue weighted by atomic mass is 33.1. The van der Waals surface area contributed by atoms with Crippen LogP contribution in [-0.4, -0.2) is 97.3 Å². The van der Waals surface area contributed by atoms with E-state index >= 15 is 0 Å². The van der Waals surface area contributed by atoms with Crippen molar-refractivity contribution in [3.05, 3.63) is 119 Å². The average molecular weight is 771 g/mol. The van der Waals surface area contributed by atoms with E-state index in [1.165, 1.54) is 55.5 Å². The van der Waals surface area contributed by atoms with Crippen molar-refractivity contribution >= 4 is 45.6 Å². The molecule has 2 heterocycles. The Balaban J connectivity index is 1.06. The van der Waals surface area contributed by atoms with E-state index in [-0.39, 0.29) is 11.8 Å². The molecule has 54 heavy (non-hydrogen) atoms. The predicted molar refractivity (Wildman–Crippen MR) is 228 cm³/mol. The molecule has 8 nitrogen and oxygen atoms in total. The summed E-state index contributed by atoms with van der Waals surface area (Å²) in [5.41, 5.74) is 7.79. The smallest absolute Gasteiger partial charge is 0.233 e. The molecule has 2 aromatic rings. The van der Waals surface area contributed by atoms with Crippen molar-refractivity contribution in [1.29, 1.82) is 0 Å². The van der Waals surface area contributed by atoms with Crippen LogP contribution in [0.2, 0.25) is 0 Å². The number of carbonyl (C=O) groups is 2. The molecular formula is C44H62N6O2S2+2. The van der Waals surface area contributed by atoms with Gasteiger partial charge in [-0.2, -0.15) is 9.13 Å². The van der Waals surface area contributed by atoms with Crippen LogP contribution in [-0.2, 0) is 22.7 Å². The highest BCUT2D eigenvalue weighted by molar-refractivity contribution is 8.77. The first-order valence-electron chi connectivity index (χ1n) is 19.5. The molecule has 0 saturated heterocycles. The number of nitrogens with zero attached hydrogens (tertiary/aromatic N) is 6. The Bertz CT molecular complexity index is 1600. The lowest BCUT2D eigenvalue weighted by atomic mass is 10.0. The summed E-state index contributed by atoms with van der Waals surface area (Å²) in [4.78, 5) is 33.8. The van der Waals surface area contributed by atoms with Crippen molar-refractivity contribution in [3.63, 3.8) is 0 Å². The van der Waals surface area contributed by atoms with E-state index in [0.29, 0.717) is 11.5 Å². The maximum Gasteiger partial charge on any atom is 0.233 e. The standard InChI is InChI=1S/C44H62N6O2S2/c1-7-49-33-11-9-15-41(49)27-21-37-17-23-39(24-18-37)45(3)29-13-31-47(5)43(51)35-53-54-36-44(52)48(6)32-14-30-46(4)40-25-19-38(20-26-40)22-28-42-16-10-12-34-50(42)8-2/h9-12,15-17,19,21-23,25,27-28,33-34H,7-8,13-14,18,20,24,26,29-32,35-36H2,1-6H3/q+2. The number of allylic oxidation sites excluding steroid dienone is 10. The Morgan fingerprint density at radius 1 is 0.593 bits per heavy atom. The molecule has 0 saturated carbocycles. The fraction of sp³-hybridized carbons (Fsp3) is 0.455. The van der Waals surface area contributed by atoms with Crippen molar-refractivity contribution in [3.8, 4) is 0 Å². The normalized spacial score (nSPS) is 14.4. The zero-order valence-corrected chi connectivity index (χ0v) is 35.1. The highest BCUT2D eigenvalue weighted by Crippen LogP contribution is 2.24. The topological polar surface area (TPSA) is 54.9 Å². The molecule has 0 spiro atoms. The van der Waals surface area contributed by atoms with Gasteiger partial charge in [0.1, 0.15) is 13.1 Å². The second-order valence-corrected chi connectivity index (χ2v) is 16.5. The minimum atomic E-state index is 0.105. The van der Waals surface area contributed by atoms with Crippen LogP contribution in [0.1, 0.15) is 63.8 Å². The van der Waals surface area contributed by atoms with Gasteiger partial charge in [0.25, 0.3) is 0 Å². The maximum atomic E-state index is 12.7. The molecule has 2 amide bonds. The molecular weight excluding hydrogens is 709 g/mol. The van der Waals surface area contributed by atoms with Gasteiger partial charge in [-0.15, -0.1) is 0 Å². The monoisotopic (exact) mass is 770 g/mol. The summed E-state index contributed by atoms with van der Waals surface area (Å²) in [6.07, 6.45) is 27.9. The van der Waals surface area contributed by atoms with Gasteiger partial charge in [-0.05, 0) is 87.8 Å². The van der Waals surface area contributed by atoms with Gasteiger partial charge in [0.05, 0.1) is 11.5 Å². The molecule has 0 radical (unpaired) electrons. The third-order valence-electron chi connectivity index (χ3n) is 10.1. The molecule has 0 aromatic carbocycles. The van der Waals surface area contributed by atoms with Crippen LogP contribution in [0.3, 0.4) is 0 Å². The molecule has 0 bridgehead atoms. The lowest BCUT2D eigenvalue weighted by Crippen LogP contribution is -2.34. The molecule has 0 atom stereocenters. The molecule has 0 unspecified atom stereocenters. The van der Waals surface area contributed by atoms with Crippen LogP contribution in [0, 0.1) is 0 Å². The van der Waals surface area contributed by atoms with Crippen LogP contribution in [0.15, 0.2) is 108 Å². The number of pyridine rings is 2. The third-order valence-corrected chi connectivity index (χ3v) is 12.2. The summed E-state index contributed by atoms with van der Waals surface area (Å²) in [5.74, 6) is 0.958.